The molecule has 0 unspecified atom stereocenters. The highest BCUT2D eigenvalue weighted by atomic mass is 16.5. The first-order chi connectivity index (χ1) is 11.7. The quantitative estimate of drug-likeness (QED) is 0.723. The van der Waals surface area contributed by atoms with Crippen molar-refractivity contribution >= 4 is 17.5 Å². The van der Waals surface area contributed by atoms with Crippen molar-refractivity contribution in [1.82, 2.24) is 15.0 Å². The van der Waals surface area contributed by atoms with E-state index in [0.29, 0.717) is 12.5 Å². The van der Waals surface area contributed by atoms with Crippen molar-refractivity contribution in [1.29, 1.82) is 0 Å². The Kier molecular flexibility index (Phi) is 4.86. The summed E-state index contributed by atoms with van der Waals surface area (Å²) in [6, 6.07) is 15.4. The summed E-state index contributed by atoms with van der Waals surface area (Å²) in [4.78, 5) is 13.2. The largest absolute Gasteiger partial charge is 0.497 e. The van der Waals surface area contributed by atoms with E-state index in [1.807, 2.05) is 55.5 Å². The van der Waals surface area contributed by atoms with E-state index < -0.39 is 0 Å². The highest BCUT2D eigenvalue weighted by Gasteiger charge is 2.04. The van der Waals surface area contributed by atoms with Crippen LogP contribution in [0.5, 0.6) is 5.75 Å². The molecule has 2 aromatic heterocycles. The summed E-state index contributed by atoms with van der Waals surface area (Å²) in [5.41, 5.74) is 2.75. The van der Waals surface area contributed by atoms with Crippen molar-refractivity contribution in [2.75, 3.05) is 17.7 Å². The minimum absolute atomic E-state index is 0.566. The first-order valence-corrected chi connectivity index (χ1v) is 7.63. The van der Waals surface area contributed by atoms with Crippen molar-refractivity contribution in [3.05, 3.63) is 66.1 Å². The molecule has 122 valence electrons. The molecule has 1 aromatic carbocycles. The molecule has 0 atom stereocenters. The number of benzene rings is 1. The highest BCUT2D eigenvalue weighted by molar-refractivity contribution is 5.58. The number of aromatic nitrogens is 3. The number of anilines is 3. The maximum Gasteiger partial charge on any atom is 0.225 e. The van der Waals surface area contributed by atoms with Crippen LogP contribution in [0.2, 0.25) is 0 Å². The normalized spacial score (nSPS) is 10.2. The number of hydrogen-bond donors (Lipinski definition) is 2. The van der Waals surface area contributed by atoms with Crippen molar-refractivity contribution < 1.29 is 4.74 Å². The van der Waals surface area contributed by atoms with Gasteiger partial charge in [0.1, 0.15) is 11.6 Å². The fourth-order valence-corrected chi connectivity index (χ4v) is 2.21. The molecule has 6 nitrogen and oxygen atoms in total. The lowest BCUT2D eigenvalue weighted by atomic mass is 10.3. The highest BCUT2D eigenvalue weighted by Crippen LogP contribution is 2.20. The van der Waals surface area contributed by atoms with Gasteiger partial charge in [0.25, 0.3) is 0 Å². The zero-order valence-corrected chi connectivity index (χ0v) is 13.7. The Hall–Kier alpha value is -3.15. The van der Waals surface area contributed by atoms with Crippen LogP contribution in [0.4, 0.5) is 17.5 Å². The Bertz CT molecular complexity index is 790. The molecule has 0 amide bonds. The molecule has 0 spiro atoms. The number of nitrogens with zero attached hydrogens (tertiary/aromatic N) is 3. The molecular weight excluding hydrogens is 302 g/mol. The summed E-state index contributed by atoms with van der Waals surface area (Å²) < 4.78 is 5.16. The van der Waals surface area contributed by atoms with Crippen molar-refractivity contribution in [3.63, 3.8) is 0 Å². The Morgan fingerprint density at radius 1 is 1.04 bits per heavy atom. The summed E-state index contributed by atoms with van der Waals surface area (Å²) in [5.74, 6) is 2.12. The number of hydrogen-bond acceptors (Lipinski definition) is 6. The third-order valence-corrected chi connectivity index (χ3v) is 3.37. The van der Waals surface area contributed by atoms with E-state index in [9.17, 15) is 0 Å². The maximum absolute atomic E-state index is 5.16. The molecular formula is C18H19N5O. The third kappa shape index (κ3) is 4.19. The third-order valence-electron chi connectivity index (χ3n) is 3.37. The van der Waals surface area contributed by atoms with Gasteiger partial charge in [0.05, 0.1) is 19.3 Å². The van der Waals surface area contributed by atoms with Gasteiger partial charge >= 0.3 is 0 Å². The van der Waals surface area contributed by atoms with E-state index in [2.05, 4.69) is 25.6 Å². The van der Waals surface area contributed by atoms with Crippen molar-refractivity contribution in [3.8, 4) is 5.75 Å². The van der Waals surface area contributed by atoms with Crippen molar-refractivity contribution in [2.24, 2.45) is 0 Å². The van der Waals surface area contributed by atoms with Gasteiger partial charge in [-0.1, -0.05) is 6.07 Å². The number of ether oxygens (including phenoxy) is 1. The molecule has 0 aliphatic carbocycles. The molecule has 0 bridgehead atoms. The predicted molar refractivity (Wildman–Crippen MR) is 94.6 cm³/mol. The van der Waals surface area contributed by atoms with Crippen molar-refractivity contribution in [2.45, 2.75) is 13.5 Å². The van der Waals surface area contributed by atoms with Gasteiger partial charge in [0, 0.05) is 23.6 Å². The first kappa shape index (κ1) is 15.7. The van der Waals surface area contributed by atoms with Crippen LogP contribution >= 0.6 is 0 Å². The van der Waals surface area contributed by atoms with E-state index in [1.54, 1.807) is 13.3 Å². The minimum atomic E-state index is 0.566. The van der Waals surface area contributed by atoms with Crippen LogP contribution in [-0.2, 0) is 6.54 Å². The molecule has 0 aliphatic rings. The van der Waals surface area contributed by atoms with Gasteiger partial charge in [-0.25, -0.2) is 4.98 Å². The molecule has 3 aromatic rings. The van der Waals surface area contributed by atoms with Gasteiger partial charge in [0.15, 0.2) is 0 Å². The molecule has 6 heteroatoms. The summed E-state index contributed by atoms with van der Waals surface area (Å²) in [7, 11) is 1.65. The monoisotopic (exact) mass is 321 g/mol. The Morgan fingerprint density at radius 3 is 2.58 bits per heavy atom. The van der Waals surface area contributed by atoms with E-state index in [4.69, 9.17) is 4.74 Å². The van der Waals surface area contributed by atoms with Crippen LogP contribution in [0.1, 0.15) is 11.4 Å². The predicted octanol–water partition coefficient (Wildman–Crippen LogP) is 3.54. The SMILES string of the molecule is COc1ccc(Nc2cc(C)nc(NCc3ccccn3)n2)cc1. The summed E-state index contributed by atoms with van der Waals surface area (Å²) >= 11 is 0. The number of aryl methyl sites for hydroxylation is 1. The standard InChI is InChI=1S/C18H19N5O/c1-13-11-17(22-14-6-8-16(24-2)9-7-14)23-18(21-13)20-12-15-5-3-4-10-19-15/h3-11H,12H2,1-2H3,(H2,20,21,22,23). The van der Waals surface area contributed by atoms with Crippen LogP contribution in [0, 0.1) is 6.92 Å². The number of nitrogens with one attached hydrogen (secondary N) is 2. The topological polar surface area (TPSA) is 72.0 Å². The lowest BCUT2D eigenvalue weighted by Crippen LogP contribution is -2.07. The lowest BCUT2D eigenvalue weighted by molar-refractivity contribution is 0.415. The lowest BCUT2D eigenvalue weighted by Gasteiger charge is -2.10. The Morgan fingerprint density at radius 2 is 1.88 bits per heavy atom. The molecule has 24 heavy (non-hydrogen) atoms. The fraction of sp³-hybridized carbons (Fsp3) is 0.167. The molecule has 0 fully saturated rings. The molecule has 2 N–H and O–H groups in total. The molecule has 0 saturated heterocycles. The second kappa shape index (κ2) is 7.41. The Labute approximate surface area is 141 Å². The second-order valence-corrected chi connectivity index (χ2v) is 5.25. The zero-order chi connectivity index (χ0) is 16.8. The van der Waals surface area contributed by atoms with Crippen LogP contribution in [0.15, 0.2) is 54.7 Å². The Balaban J connectivity index is 1.70. The average molecular weight is 321 g/mol. The van der Waals surface area contributed by atoms with Crippen LogP contribution in [-0.4, -0.2) is 22.1 Å². The minimum Gasteiger partial charge on any atom is -0.497 e. The molecule has 3 rings (SSSR count). The van der Waals surface area contributed by atoms with Crippen LogP contribution < -0.4 is 15.4 Å². The molecule has 0 radical (unpaired) electrons. The molecule has 0 aliphatic heterocycles. The summed E-state index contributed by atoms with van der Waals surface area (Å²) in [6.45, 7) is 2.51. The average Bonchev–Trinajstić information content (AvgIpc) is 2.61. The summed E-state index contributed by atoms with van der Waals surface area (Å²) in [5, 5.41) is 6.47. The number of rotatable bonds is 6. The summed E-state index contributed by atoms with van der Waals surface area (Å²) in [6.07, 6.45) is 1.77. The van der Waals surface area contributed by atoms with E-state index in [-0.39, 0.29) is 0 Å². The van der Waals surface area contributed by atoms with Gasteiger partial charge in [-0.3, -0.25) is 4.98 Å². The first-order valence-electron chi connectivity index (χ1n) is 7.63. The van der Waals surface area contributed by atoms with Crippen LogP contribution in [0.3, 0.4) is 0 Å². The van der Waals surface area contributed by atoms with Gasteiger partial charge in [-0.05, 0) is 43.3 Å². The second-order valence-electron chi connectivity index (χ2n) is 5.25. The van der Waals surface area contributed by atoms with E-state index in [1.165, 1.54) is 0 Å². The van der Waals surface area contributed by atoms with E-state index >= 15 is 0 Å². The van der Waals surface area contributed by atoms with Gasteiger partial charge in [-0.15, -0.1) is 0 Å². The maximum atomic E-state index is 5.16. The van der Waals surface area contributed by atoms with Gasteiger partial charge in [0.2, 0.25) is 5.95 Å². The fourth-order valence-electron chi connectivity index (χ4n) is 2.21. The van der Waals surface area contributed by atoms with Gasteiger partial charge in [-0.2, -0.15) is 4.98 Å². The number of pyridine rings is 1. The molecule has 0 saturated carbocycles. The van der Waals surface area contributed by atoms with E-state index in [0.717, 1.165) is 28.6 Å². The molecule has 2 heterocycles. The number of methoxy groups -OCH3 is 1. The van der Waals surface area contributed by atoms with Gasteiger partial charge < -0.3 is 15.4 Å². The zero-order valence-electron chi connectivity index (χ0n) is 13.7. The van der Waals surface area contributed by atoms with Crippen LogP contribution in [0.25, 0.3) is 0 Å². The smallest absolute Gasteiger partial charge is 0.225 e.